The smallest absolute Gasteiger partial charge is 0.262 e. The summed E-state index contributed by atoms with van der Waals surface area (Å²) in [6.07, 6.45) is 0. The van der Waals surface area contributed by atoms with Crippen molar-refractivity contribution in [2.45, 2.75) is 18.4 Å². The number of hydrogen-bond acceptors (Lipinski definition) is 2. The Morgan fingerprint density at radius 3 is 2.20 bits per heavy atom. The van der Waals surface area contributed by atoms with Crippen molar-refractivity contribution < 1.29 is 8.42 Å². The number of halogens is 1. The van der Waals surface area contributed by atoms with Crippen LogP contribution in [0.2, 0.25) is 0 Å². The Balaban J connectivity index is 2.07. The highest BCUT2D eigenvalue weighted by Crippen LogP contribution is 2.27. The highest BCUT2D eigenvalue weighted by Gasteiger charge is 2.25. The van der Waals surface area contributed by atoms with Gasteiger partial charge in [-0.3, -0.25) is 4.31 Å². The number of benzene rings is 3. The Morgan fingerprint density at radius 2 is 1.56 bits per heavy atom. The maximum Gasteiger partial charge on any atom is 0.264 e. The van der Waals surface area contributed by atoms with Crippen molar-refractivity contribution in [3.05, 3.63) is 94.5 Å². The van der Waals surface area contributed by atoms with E-state index in [2.05, 4.69) is 15.9 Å². The largest absolute Gasteiger partial charge is 0.264 e. The zero-order valence-corrected chi connectivity index (χ0v) is 16.2. The first-order chi connectivity index (χ1) is 12.0. The first kappa shape index (κ1) is 17.7. The van der Waals surface area contributed by atoms with Crippen LogP contribution in [0.5, 0.6) is 0 Å². The van der Waals surface area contributed by atoms with Crippen LogP contribution in [0.25, 0.3) is 0 Å². The van der Waals surface area contributed by atoms with E-state index in [1.54, 1.807) is 24.3 Å². The topological polar surface area (TPSA) is 37.4 Å². The molecule has 25 heavy (non-hydrogen) atoms. The van der Waals surface area contributed by atoms with Crippen molar-refractivity contribution in [1.29, 1.82) is 0 Å². The van der Waals surface area contributed by atoms with E-state index in [1.165, 1.54) is 4.31 Å². The first-order valence-corrected chi connectivity index (χ1v) is 10.1. The molecule has 0 aliphatic heterocycles. The quantitative estimate of drug-likeness (QED) is 0.577. The molecule has 0 aliphatic carbocycles. The van der Waals surface area contributed by atoms with Crippen LogP contribution >= 0.6 is 15.9 Å². The van der Waals surface area contributed by atoms with Crippen LogP contribution in [0.15, 0.2) is 88.2 Å². The Bertz CT molecular complexity index is 955. The average molecular weight is 416 g/mol. The van der Waals surface area contributed by atoms with Gasteiger partial charge < -0.3 is 0 Å². The van der Waals surface area contributed by atoms with E-state index in [0.717, 1.165) is 15.6 Å². The predicted molar refractivity (Wildman–Crippen MR) is 105 cm³/mol. The third-order valence-electron chi connectivity index (χ3n) is 3.86. The fourth-order valence-corrected chi connectivity index (χ4v) is 4.30. The average Bonchev–Trinajstić information content (AvgIpc) is 2.62. The van der Waals surface area contributed by atoms with E-state index >= 15 is 0 Å². The van der Waals surface area contributed by atoms with E-state index in [9.17, 15) is 8.42 Å². The monoisotopic (exact) mass is 415 g/mol. The lowest BCUT2D eigenvalue weighted by molar-refractivity contribution is 0.590. The summed E-state index contributed by atoms with van der Waals surface area (Å²) in [4.78, 5) is 0.286. The van der Waals surface area contributed by atoms with Crippen molar-refractivity contribution in [3.63, 3.8) is 0 Å². The van der Waals surface area contributed by atoms with Gasteiger partial charge in [-0.25, -0.2) is 8.42 Å². The zero-order chi connectivity index (χ0) is 17.9. The summed E-state index contributed by atoms with van der Waals surface area (Å²) in [6, 6.07) is 23.8. The van der Waals surface area contributed by atoms with Crippen molar-refractivity contribution in [2.75, 3.05) is 4.31 Å². The second-order valence-corrected chi connectivity index (χ2v) is 8.57. The molecule has 0 aliphatic rings. The van der Waals surface area contributed by atoms with Gasteiger partial charge in [0, 0.05) is 4.47 Å². The minimum absolute atomic E-state index is 0.272. The van der Waals surface area contributed by atoms with Crippen LogP contribution in [0.3, 0.4) is 0 Å². The van der Waals surface area contributed by atoms with E-state index in [1.807, 2.05) is 61.5 Å². The lowest BCUT2D eigenvalue weighted by Crippen LogP contribution is -2.30. The molecule has 0 saturated carbocycles. The zero-order valence-electron chi connectivity index (χ0n) is 13.8. The molecule has 0 N–H and O–H groups in total. The highest BCUT2D eigenvalue weighted by molar-refractivity contribution is 9.10. The second kappa shape index (κ2) is 7.42. The normalized spacial score (nSPS) is 11.3. The van der Waals surface area contributed by atoms with Gasteiger partial charge in [-0.15, -0.1) is 0 Å². The summed E-state index contributed by atoms with van der Waals surface area (Å²) in [7, 11) is -3.66. The van der Waals surface area contributed by atoms with E-state index in [-0.39, 0.29) is 11.4 Å². The molecule has 0 aromatic heterocycles. The van der Waals surface area contributed by atoms with Crippen molar-refractivity contribution >= 4 is 31.6 Å². The Kier molecular flexibility index (Phi) is 5.25. The van der Waals surface area contributed by atoms with Gasteiger partial charge in [-0.1, -0.05) is 58.4 Å². The highest BCUT2D eigenvalue weighted by atomic mass is 79.9. The Morgan fingerprint density at radius 1 is 0.880 bits per heavy atom. The number of rotatable bonds is 5. The van der Waals surface area contributed by atoms with Crippen LogP contribution in [0.1, 0.15) is 11.1 Å². The van der Waals surface area contributed by atoms with Crippen molar-refractivity contribution in [1.82, 2.24) is 0 Å². The van der Waals surface area contributed by atoms with Gasteiger partial charge >= 0.3 is 0 Å². The van der Waals surface area contributed by atoms with Crippen LogP contribution in [-0.4, -0.2) is 8.42 Å². The minimum atomic E-state index is -3.66. The maximum absolute atomic E-state index is 13.2. The van der Waals surface area contributed by atoms with E-state index in [4.69, 9.17) is 0 Å². The summed E-state index contributed by atoms with van der Waals surface area (Å²) < 4.78 is 28.9. The standard InChI is InChI=1S/C20H18BrNO2S/c1-16-6-5-7-19(14-16)22(15-17-10-12-18(21)13-11-17)25(23,24)20-8-3-2-4-9-20/h2-14H,15H2,1H3. The summed E-state index contributed by atoms with van der Waals surface area (Å²) in [6.45, 7) is 2.23. The molecule has 3 aromatic carbocycles. The number of nitrogens with zero attached hydrogens (tertiary/aromatic N) is 1. The van der Waals surface area contributed by atoms with Gasteiger partial charge in [-0.05, 0) is 54.4 Å². The third kappa shape index (κ3) is 4.11. The SMILES string of the molecule is Cc1cccc(N(Cc2ccc(Br)cc2)S(=O)(=O)c2ccccc2)c1. The summed E-state index contributed by atoms with van der Waals surface area (Å²) in [5.41, 5.74) is 2.59. The van der Waals surface area contributed by atoms with Gasteiger partial charge in [0.05, 0.1) is 17.1 Å². The summed E-state index contributed by atoms with van der Waals surface area (Å²) in [5.74, 6) is 0. The third-order valence-corrected chi connectivity index (χ3v) is 6.18. The van der Waals surface area contributed by atoms with Crippen LogP contribution in [0, 0.1) is 6.92 Å². The molecular formula is C20H18BrNO2S. The molecule has 3 nitrogen and oxygen atoms in total. The van der Waals surface area contributed by atoms with E-state index < -0.39 is 10.0 Å². The molecule has 128 valence electrons. The van der Waals surface area contributed by atoms with Crippen LogP contribution < -0.4 is 4.31 Å². The number of anilines is 1. The van der Waals surface area contributed by atoms with E-state index in [0.29, 0.717) is 5.69 Å². The summed E-state index contributed by atoms with van der Waals surface area (Å²) >= 11 is 3.41. The predicted octanol–water partition coefficient (Wildman–Crippen LogP) is 5.15. The molecule has 0 spiro atoms. The fraction of sp³-hybridized carbons (Fsp3) is 0.100. The fourth-order valence-electron chi connectivity index (χ4n) is 2.57. The first-order valence-electron chi connectivity index (χ1n) is 7.86. The molecule has 0 fully saturated rings. The molecule has 5 heteroatoms. The molecule has 0 radical (unpaired) electrons. The lowest BCUT2D eigenvalue weighted by Gasteiger charge is -2.25. The van der Waals surface area contributed by atoms with Crippen LogP contribution in [0.4, 0.5) is 5.69 Å². The Labute approximate surface area is 157 Å². The number of hydrogen-bond donors (Lipinski definition) is 0. The molecule has 0 amide bonds. The molecule has 0 unspecified atom stereocenters. The van der Waals surface area contributed by atoms with Gasteiger partial charge in [0.1, 0.15) is 0 Å². The Hall–Kier alpha value is -2.11. The molecular weight excluding hydrogens is 398 g/mol. The van der Waals surface area contributed by atoms with Crippen molar-refractivity contribution in [2.24, 2.45) is 0 Å². The second-order valence-electron chi connectivity index (χ2n) is 5.79. The van der Waals surface area contributed by atoms with Gasteiger partial charge in [0.2, 0.25) is 0 Å². The molecule has 0 saturated heterocycles. The maximum atomic E-state index is 13.2. The lowest BCUT2D eigenvalue weighted by atomic mass is 10.2. The van der Waals surface area contributed by atoms with Gasteiger partial charge in [0.25, 0.3) is 10.0 Å². The minimum Gasteiger partial charge on any atom is -0.262 e. The van der Waals surface area contributed by atoms with Crippen molar-refractivity contribution in [3.8, 4) is 0 Å². The molecule has 0 bridgehead atoms. The molecule has 3 rings (SSSR count). The van der Waals surface area contributed by atoms with Crippen LogP contribution in [-0.2, 0) is 16.6 Å². The summed E-state index contributed by atoms with van der Waals surface area (Å²) in [5, 5.41) is 0. The number of aryl methyl sites for hydroxylation is 1. The molecule has 3 aromatic rings. The molecule has 0 heterocycles. The molecule has 0 atom stereocenters. The van der Waals surface area contributed by atoms with Gasteiger partial charge in [0.15, 0.2) is 0 Å². The van der Waals surface area contributed by atoms with Gasteiger partial charge in [-0.2, -0.15) is 0 Å². The number of sulfonamides is 1.